The SMILES string of the molecule is CN=S(C)(=O)c1cc(Br)cnc1Nc1cc(Cl)nnc1C(=O)NC. The Hall–Kier alpha value is -1.78. The van der Waals surface area contributed by atoms with Crippen molar-refractivity contribution in [2.24, 2.45) is 4.36 Å². The van der Waals surface area contributed by atoms with Crippen LogP contribution in [-0.2, 0) is 9.73 Å². The lowest BCUT2D eigenvalue weighted by Crippen LogP contribution is -2.21. The fourth-order valence-corrected chi connectivity index (χ4v) is 3.41. The summed E-state index contributed by atoms with van der Waals surface area (Å²) in [4.78, 5) is 16.5. The average Bonchev–Trinajstić information content (AvgIpc) is 2.56. The van der Waals surface area contributed by atoms with Crippen LogP contribution < -0.4 is 10.6 Å². The zero-order valence-corrected chi connectivity index (χ0v) is 16.2. The van der Waals surface area contributed by atoms with Crippen molar-refractivity contribution in [3.63, 3.8) is 0 Å². The highest BCUT2D eigenvalue weighted by Crippen LogP contribution is 2.28. The number of amides is 1. The van der Waals surface area contributed by atoms with Crippen molar-refractivity contribution < 1.29 is 9.00 Å². The number of rotatable bonds is 4. The van der Waals surface area contributed by atoms with E-state index in [2.05, 4.69) is 46.1 Å². The third-order valence-corrected chi connectivity index (χ3v) is 5.48. The van der Waals surface area contributed by atoms with Gasteiger partial charge >= 0.3 is 0 Å². The van der Waals surface area contributed by atoms with E-state index in [-0.39, 0.29) is 22.4 Å². The van der Waals surface area contributed by atoms with Crippen LogP contribution in [0.3, 0.4) is 0 Å². The van der Waals surface area contributed by atoms with E-state index < -0.39 is 15.6 Å². The van der Waals surface area contributed by atoms with Gasteiger partial charge in [-0.2, -0.15) is 0 Å². The molecule has 0 radical (unpaired) electrons. The summed E-state index contributed by atoms with van der Waals surface area (Å²) in [7, 11) is 0.269. The summed E-state index contributed by atoms with van der Waals surface area (Å²) < 4.78 is 17.2. The maximum atomic E-state index is 12.7. The minimum Gasteiger partial charge on any atom is -0.354 e. The van der Waals surface area contributed by atoms with E-state index in [4.69, 9.17) is 11.6 Å². The quantitative estimate of drug-likeness (QED) is 0.766. The van der Waals surface area contributed by atoms with Crippen molar-refractivity contribution in [2.45, 2.75) is 4.90 Å². The van der Waals surface area contributed by atoms with Crippen LogP contribution in [0.25, 0.3) is 0 Å². The van der Waals surface area contributed by atoms with E-state index in [1.807, 2.05) is 0 Å². The van der Waals surface area contributed by atoms with Crippen molar-refractivity contribution >= 4 is 54.7 Å². The molecule has 2 aromatic rings. The summed E-state index contributed by atoms with van der Waals surface area (Å²) in [6.45, 7) is 0. The molecule has 0 spiro atoms. The average molecular weight is 434 g/mol. The summed E-state index contributed by atoms with van der Waals surface area (Å²) in [6.07, 6.45) is 3.03. The Kier molecular flexibility index (Phi) is 5.73. The Balaban J connectivity index is 2.60. The molecule has 11 heteroatoms. The summed E-state index contributed by atoms with van der Waals surface area (Å²) in [5.74, 6) is -0.164. The van der Waals surface area contributed by atoms with Crippen LogP contribution in [0.1, 0.15) is 10.5 Å². The molecule has 0 aliphatic heterocycles. The Labute approximate surface area is 152 Å². The van der Waals surface area contributed by atoms with Crippen molar-refractivity contribution in [2.75, 3.05) is 25.7 Å². The van der Waals surface area contributed by atoms with Crippen molar-refractivity contribution in [3.8, 4) is 0 Å². The first-order chi connectivity index (χ1) is 11.3. The standard InChI is InChI=1S/C13H14BrClN6O2S/c1-16-13(22)11-8(5-10(15)20-21-11)19-12-9(24(3,23)17-2)4-7(14)6-18-12/h4-6H,1-3H3,(H,16,22)(H,18,19,20). The normalized spacial score (nSPS) is 13.0. The third kappa shape index (κ3) is 4.00. The van der Waals surface area contributed by atoms with Crippen LogP contribution in [0.4, 0.5) is 11.5 Å². The molecule has 0 saturated carbocycles. The minimum atomic E-state index is -2.67. The van der Waals surface area contributed by atoms with E-state index in [0.29, 0.717) is 9.37 Å². The van der Waals surface area contributed by atoms with Gasteiger partial charge in [-0.25, -0.2) is 13.6 Å². The van der Waals surface area contributed by atoms with Gasteiger partial charge in [0.15, 0.2) is 10.8 Å². The molecule has 8 nitrogen and oxygen atoms in total. The predicted octanol–water partition coefficient (Wildman–Crippen LogP) is 2.48. The van der Waals surface area contributed by atoms with Gasteiger partial charge in [0.25, 0.3) is 5.91 Å². The molecule has 0 aromatic carbocycles. The van der Waals surface area contributed by atoms with Gasteiger partial charge in [-0.1, -0.05) is 11.6 Å². The van der Waals surface area contributed by atoms with Crippen LogP contribution in [0.5, 0.6) is 0 Å². The number of halogens is 2. The van der Waals surface area contributed by atoms with Crippen LogP contribution in [0, 0.1) is 0 Å². The van der Waals surface area contributed by atoms with Crippen LogP contribution in [0.15, 0.2) is 32.1 Å². The van der Waals surface area contributed by atoms with Crippen molar-refractivity contribution in [3.05, 3.63) is 33.6 Å². The Morgan fingerprint density at radius 1 is 1.38 bits per heavy atom. The van der Waals surface area contributed by atoms with E-state index in [0.717, 1.165) is 0 Å². The zero-order chi connectivity index (χ0) is 17.9. The first-order valence-electron chi connectivity index (χ1n) is 6.56. The van der Waals surface area contributed by atoms with Crippen LogP contribution >= 0.6 is 27.5 Å². The maximum Gasteiger partial charge on any atom is 0.273 e. The first kappa shape index (κ1) is 18.6. The second kappa shape index (κ2) is 7.41. The van der Waals surface area contributed by atoms with E-state index in [9.17, 15) is 9.00 Å². The highest BCUT2D eigenvalue weighted by molar-refractivity contribution is 9.10. The molecule has 0 saturated heterocycles. The fraction of sp³-hybridized carbons (Fsp3) is 0.231. The molecule has 1 unspecified atom stereocenters. The Morgan fingerprint density at radius 2 is 2.08 bits per heavy atom. The second-order valence-electron chi connectivity index (χ2n) is 4.62. The van der Waals surface area contributed by atoms with Crippen LogP contribution in [-0.4, -0.2) is 45.6 Å². The number of nitrogens with zero attached hydrogens (tertiary/aromatic N) is 4. The van der Waals surface area contributed by atoms with E-state index >= 15 is 0 Å². The number of hydrogen-bond acceptors (Lipinski definition) is 7. The molecule has 2 rings (SSSR count). The number of carbonyl (C=O) groups excluding carboxylic acids is 1. The van der Waals surface area contributed by atoms with E-state index in [1.165, 1.54) is 32.6 Å². The van der Waals surface area contributed by atoms with Gasteiger partial charge in [-0.05, 0) is 22.0 Å². The molecule has 0 bridgehead atoms. The van der Waals surface area contributed by atoms with Crippen LogP contribution in [0.2, 0.25) is 5.15 Å². The van der Waals surface area contributed by atoms with E-state index in [1.54, 1.807) is 6.07 Å². The molecule has 128 valence electrons. The van der Waals surface area contributed by atoms with Gasteiger partial charge in [0.1, 0.15) is 5.82 Å². The molecule has 2 heterocycles. The number of nitrogens with one attached hydrogen (secondary N) is 2. The fourth-order valence-electron chi connectivity index (χ4n) is 1.78. The molecule has 0 aliphatic carbocycles. The molecule has 0 aliphatic rings. The van der Waals surface area contributed by atoms with Gasteiger partial charge < -0.3 is 10.6 Å². The van der Waals surface area contributed by atoms with Gasteiger partial charge in [0, 0.05) is 37.1 Å². The Bertz CT molecular complexity index is 913. The largest absolute Gasteiger partial charge is 0.354 e. The van der Waals surface area contributed by atoms with Gasteiger partial charge in [0.05, 0.1) is 20.3 Å². The van der Waals surface area contributed by atoms with Crippen molar-refractivity contribution in [1.29, 1.82) is 0 Å². The molecule has 2 N–H and O–H groups in total. The minimum absolute atomic E-state index is 0.0357. The Morgan fingerprint density at radius 3 is 2.71 bits per heavy atom. The zero-order valence-electron chi connectivity index (χ0n) is 13.0. The monoisotopic (exact) mass is 432 g/mol. The summed E-state index contributed by atoms with van der Waals surface area (Å²) >= 11 is 9.16. The highest BCUT2D eigenvalue weighted by Gasteiger charge is 2.18. The lowest BCUT2D eigenvalue weighted by Gasteiger charge is -2.14. The number of hydrogen-bond donors (Lipinski definition) is 2. The maximum absolute atomic E-state index is 12.7. The number of anilines is 2. The number of carbonyl (C=O) groups is 1. The topological polar surface area (TPSA) is 109 Å². The molecule has 0 fully saturated rings. The number of aromatic nitrogens is 3. The van der Waals surface area contributed by atoms with Gasteiger partial charge in [-0.15, -0.1) is 10.2 Å². The van der Waals surface area contributed by atoms with Gasteiger partial charge in [0.2, 0.25) is 0 Å². The van der Waals surface area contributed by atoms with Gasteiger partial charge in [-0.3, -0.25) is 4.79 Å². The highest BCUT2D eigenvalue weighted by atomic mass is 79.9. The summed E-state index contributed by atoms with van der Waals surface area (Å²) in [5, 5.41) is 13.0. The molecular weight excluding hydrogens is 420 g/mol. The molecule has 2 aromatic heterocycles. The summed E-state index contributed by atoms with van der Waals surface area (Å²) in [6, 6.07) is 3.09. The smallest absolute Gasteiger partial charge is 0.273 e. The van der Waals surface area contributed by atoms with Crippen molar-refractivity contribution in [1.82, 2.24) is 20.5 Å². The molecule has 1 atom stereocenters. The third-order valence-electron chi connectivity index (χ3n) is 3.04. The second-order valence-corrected chi connectivity index (χ2v) is 8.33. The summed E-state index contributed by atoms with van der Waals surface area (Å²) in [5.41, 5.74) is 0.324. The molecular formula is C13H14BrClN6O2S. The lowest BCUT2D eigenvalue weighted by atomic mass is 10.3. The molecule has 1 amide bonds. The predicted molar refractivity (Wildman–Crippen MR) is 96.3 cm³/mol. The first-order valence-corrected chi connectivity index (χ1v) is 9.66. The number of pyridine rings is 1. The molecule has 24 heavy (non-hydrogen) atoms. The lowest BCUT2D eigenvalue weighted by molar-refractivity contribution is 0.0958.